The van der Waals surface area contributed by atoms with Crippen LogP contribution in [0, 0.1) is 5.92 Å². The number of hydrogen-bond acceptors (Lipinski definition) is 3. The maximum absolute atomic E-state index is 12.0. The van der Waals surface area contributed by atoms with Crippen LogP contribution in [0.2, 0.25) is 0 Å². The fraction of sp³-hybridized carbons (Fsp3) is 0.429. The number of anilines is 1. The Hall–Kier alpha value is -1.79. The number of rotatable bonds is 5. The molecule has 0 aliphatic carbocycles. The van der Waals surface area contributed by atoms with Crippen LogP contribution in [-0.2, 0) is 0 Å². The number of hydrogen-bond donors (Lipinski definition) is 4. The average molecular weight is 313 g/mol. The lowest BCUT2D eigenvalue weighted by atomic mass is 10.1. The van der Waals surface area contributed by atoms with E-state index in [1.807, 2.05) is 0 Å². The summed E-state index contributed by atoms with van der Waals surface area (Å²) in [4.78, 5) is 22.8. The Morgan fingerprint density at radius 2 is 2.19 bits per heavy atom. The molecule has 21 heavy (non-hydrogen) atoms. The van der Waals surface area contributed by atoms with Crippen molar-refractivity contribution >= 4 is 30.0 Å². The smallest absolute Gasteiger partial charge is 0.316 e. The first-order valence-corrected chi connectivity index (χ1v) is 6.80. The number of nitrogens with two attached hydrogens (primary N) is 1. The number of carbonyl (C=O) groups is 2. The van der Waals surface area contributed by atoms with Crippen LogP contribution in [0.25, 0.3) is 0 Å². The van der Waals surface area contributed by atoms with Gasteiger partial charge in [0.25, 0.3) is 5.91 Å². The van der Waals surface area contributed by atoms with Crippen molar-refractivity contribution in [3.8, 4) is 0 Å². The van der Waals surface area contributed by atoms with Gasteiger partial charge in [-0.05, 0) is 50.0 Å². The molecule has 1 aliphatic heterocycles. The van der Waals surface area contributed by atoms with E-state index in [-0.39, 0.29) is 18.3 Å². The van der Waals surface area contributed by atoms with Gasteiger partial charge in [0.2, 0.25) is 0 Å². The highest BCUT2D eigenvalue weighted by atomic mass is 35.5. The summed E-state index contributed by atoms with van der Waals surface area (Å²) in [5.74, 6) is 0.516. The van der Waals surface area contributed by atoms with Gasteiger partial charge in [-0.1, -0.05) is 6.07 Å². The molecule has 0 saturated carbocycles. The van der Waals surface area contributed by atoms with Crippen LogP contribution in [0.15, 0.2) is 24.3 Å². The molecule has 1 saturated heterocycles. The third-order valence-corrected chi connectivity index (χ3v) is 3.39. The van der Waals surface area contributed by atoms with Crippen molar-refractivity contribution in [2.75, 3.05) is 25.0 Å². The molecule has 0 bridgehead atoms. The molecule has 1 unspecified atom stereocenters. The normalized spacial score (nSPS) is 16.9. The van der Waals surface area contributed by atoms with Crippen molar-refractivity contribution < 1.29 is 9.59 Å². The SMILES string of the molecule is Cl.NC(=O)Nc1cccc(C(=O)NCCC2CCNC2)c1. The first-order chi connectivity index (χ1) is 9.65. The van der Waals surface area contributed by atoms with Gasteiger partial charge in [0.05, 0.1) is 0 Å². The fourth-order valence-corrected chi connectivity index (χ4v) is 2.33. The van der Waals surface area contributed by atoms with E-state index in [9.17, 15) is 9.59 Å². The predicted molar refractivity (Wildman–Crippen MR) is 84.8 cm³/mol. The monoisotopic (exact) mass is 312 g/mol. The second-order valence-electron chi connectivity index (χ2n) is 4.97. The van der Waals surface area contributed by atoms with E-state index >= 15 is 0 Å². The highest BCUT2D eigenvalue weighted by molar-refractivity contribution is 5.96. The Kier molecular flexibility index (Phi) is 6.98. The second kappa shape index (κ2) is 8.49. The van der Waals surface area contributed by atoms with Gasteiger partial charge < -0.3 is 21.7 Å². The van der Waals surface area contributed by atoms with Gasteiger partial charge in [0.15, 0.2) is 0 Å². The average Bonchev–Trinajstić information content (AvgIpc) is 2.91. The molecule has 0 radical (unpaired) electrons. The summed E-state index contributed by atoms with van der Waals surface area (Å²) in [6, 6.07) is 6.07. The van der Waals surface area contributed by atoms with Gasteiger partial charge in [-0.15, -0.1) is 12.4 Å². The van der Waals surface area contributed by atoms with Crippen LogP contribution in [0.3, 0.4) is 0 Å². The molecule has 116 valence electrons. The molecule has 1 aromatic carbocycles. The zero-order valence-corrected chi connectivity index (χ0v) is 12.5. The van der Waals surface area contributed by atoms with E-state index in [1.165, 1.54) is 6.42 Å². The maximum Gasteiger partial charge on any atom is 0.316 e. The standard InChI is InChI=1S/C14H20N4O2.ClH/c15-14(20)18-12-3-1-2-11(8-12)13(19)17-7-5-10-4-6-16-9-10;/h1-3,8,10,16H,4-7,9H2,(H,17,19)(H3,15,18,20);1H. The van der Waals surface area contributed by atoms with Gasteiger partial charge in [-0.25, -0.2) is 4.79 Å². The molecule has 1 atom stereocenters. The minimum Gasteiger partial charge on any atom is -0.352 e. The van der Waals surface area contributed by atoms with Crippen LogP contribution in [0.5, 0.6) is 0 Å². The molecule has 6 nitrogen and oxygen atoms in total. The zero-order chi connectivity index (χ0) is 14.4. The number of nitrogens with one attached hydrogen (secondary N) is 3. The van der Waals surface area contributed by atoms with Crippen LogP contribution in [-0.4, -0.2) is 31.6 Å². The van der Waals surface area contributed by atoms with Crippen LogP contribution in [0.4, 0.5) is 10.5 Å². The summed E-state index contributed by atoms with van der Waals surface area (Å²) in [7, 11) is 0. The lowest BCUT2D eigenvalue weighted by Crippen LogP contribution is -2.26. The number of benzene rings is 1. The molecule has 2 rings (SSSR count). The molecule has 3 amide bonds. The summed E-state index contributed by atoms with van der Waals surface area (Å²) in [6.45, 7) is 2.77. The number of urea groups is 1. The van der Waals surface area contributed by atoms with Crippen molar-refractivity contribution in [3.63, 3.8) is 0 Å². The van der Waals surface area contributed by atoms with Gasteiger partial charge in [0.1, 0.15) is 0 Å². The summed E-state index contributed by atoms with van der Waals surface area (Å²) >= 11 is 0. The summed E-state index contributed by atoms with van der Waals surface area (Å²) in [5.41, 5.74) is 6.08. The minimum absolute atomic E-state index is 0. The molecule has 7 heteroatoms. The first-order valence-electron chi connectivity index (χ1n) is 6.80. The number of halogens is 1. The van der Waals surface area contributed by atoms with Crippen molar-refractivity contribution in [2.24, 2.45) is 11.7 Å². The highest BCUT2D eigenvalue weighted by Crippen LogP contribution is 2.12. The zero-order valence-electron chi connectivity index (χ0n) is 11.7. The highest BCUT2D eigenvalue weighted by Gasteiger charge is 2.14. The van der Waals surface area contributed by atoms with Gasteiger partial charge in [-0.3, -0.25) is 4.79 Å². The number of carbonyl (C=O) groups excluding carboxylic acids is 2. The first kappa shape index (κ1) is 17.3. The van der Waals surface area contributed by atoms with E-state index in [1.54, 1.807) is 24.3 Å². The molecular formula is C14H21ClN4O2. The third-order valence-electron chi connectivity index (χ3n) is 3.39. The molecule has 1 fully saturated rings. The van der Waals surface area contributed by atoms with E-state index in [4.69, 9.17) is 5.73 Å². The Balaban J connectivity index is 0.00000220. The third kappa shape index (κ3) is 5.61. The van der Waals surface area contributed by atoms with Crippen molar-refractivity contribution in [2.45, 2.75) is 12.8 Å². The second-order valence-corrected chi connectivity index (χ2v) is 4.97. The van der Waals surface area contributed by atoms with E-state index < -0.39 is 6.03 Å². The lowest BCUT2D eigenvalue weighted by Gasteiger charge is -2.10. The van der Waals surface area contributed by atoms with E-state index in [0.29, 0.717) is 23.7 Å². The van der Waals surface area contributed by atoms with Crippen LogP contribution < -0.4 is 21.7 Å². The lowest BCUT2D eigenvalue weighted by molar-refractivity contribution is 0.0951. The summed E-state index contributed by atoms with van der Waals surface area (Å²) in [6.07, 6.45) is 2.16. The molecule has 5 N–H and O–H groups in total. The maximum atomic E-state index is 12.0. The van der Waals surface area contributed by atoms with E-state index in [0.717, 1.165) is 19.5 Å². The van der Waals surface area contributed by atoms with Gasteiger partial charge >= 0.3 is 6.03 Å². The Morgan fingerprint density at radius 1 is 1.38 bits per heavy atom. The largest absolute Gasteiger partial charge is 0.352 e. The van der Waals surface area contributed by atoms with Crippen LogP contribution in [0.1, 0.15) is 23.2 Å². The Bertz CT molecular complexity index is 490. The van der Waals surface area contributed by atoms with Crippen molar-refractivity contribution in [1.29, 1.82) is 0 Å². The molecule has 0 aromatic heterocycles. The Labute approximate surface area is 130 Å². The molecule has 1 aromatic rings. The number of amides is 3. The van der Waals surface area contributed by atoms with Crippen molar-refractivity contribution in [1.82, 2.24) is 10.6 Å². The van der Waals surface area contributed by atoms with Crippen molar-refractivity contribution in [3.05, 3.63) is 29.8 Å². The summed E-state index contributed by atoms with van der Waals surface area (Å²) < 4.78 is 0. The summed E-state index contributed by atoms with van der Waals surface area (Å²) in [5, 5.41) is 8.65. The van der Waals surface area contributed by atoms with Gasteiger partial charge in [0, 0.05) is 17.8 Å². The predicted octanol–water partition coefficient (Wildman–Crippen LogP) is 1.33. The number of primary amides is 1. The molecule has 0 spiro atoms. The quantitative estimate of drug-likeness (QED) is 0.660. The molecule has 1 heterocycles. The van der Waals surface area contributed by atoms with Gasteiger partial charge in [-0.2, -0.15) is 0 Å². The van der Waals surface area contributed by atoms with E-state index in [2.05, 4.69) is 16.0 Å². The minimum atomic E-state index is -0.642. The topological polar surface area (TPSA) is 96.2 Å². The Morgan fingerprint density at radius 3 is 2.86 bits per heavy atom. The molecular weight excluding hydrogens is 292 g/mol. The van der Waals surface area contributed by atoms with Crippen LogP contribution >= 0.6 is 12.4 Å². The fourth-order valence-electron chi connectivity index (χ4n) is 2.33. The molecule has 1 aliphatic rings.